The van der Waals surface area contributed by atoms with Gasteiger partial charge in [-0.3, -0.25) is 0 Å². The molecule has 6 heteroatoms. The zero-order valence-corrected chi connectivity index (χ0v) is 10.9. The Bertz CT molecular complexity index is 517. The van der Waals surface area contributed by atoms with Gasteiger partial charge in [0.05, 0.1) is 11.5 Å². The van der Waals surface area contributed by atoms with Crippen LogP contribution in [0.15, 0.2) is 0 Å². The van der Waals surface area contributed by atoms with Gasteiger partial charge in [0.15, 0.2) is 9.84 Å². The fourth-order valence-electron chi connectivity index (χ4n) is 2.24. The number of nitrogens with zero attached hydrogens (tertiary/aromatic N) is 2. The third-order valence-corrected chi connectivity index (χ3v) is 5.01. The zero-order valence-electron chi connectivity index (χ0n) is 10.1. The lowest BCUT2D eigenvalue weighted by Gasteiger charge is -2.12. The highest BCUT2D eigenvalue weighted by Crippen LogP contribution is 2.27. The van der Waals surface area contributed by atoms with Gasteiger partial charge in [-0.15, -0.1) is 0 Å². The van der Waals surface area contributed by atoms with Gasteiger partial charge in [0, 0.05) is 29.4 Å². The number of rotatable bonds is 2. The Labute approximate surface area is 101 Å². The van der Waals surface area contributed by atoms with E-state index in [1.165, 1.54) is 0 Å². The number of nitrogens with two attached hydrogens (primary N) is 1. The number of hydrogen-bond donors (Lipinski definition) is 1. The van der Waals surface area contributed by atoms with Crippen molar-refractivity contribution in [3.8, 4) is 0 Å². The zero-order chi connectivity index (χ0) is 12.6. The third-order valence-electron chi connectivity index (χ3n) is 3.24. The van der Waals surface area contributed by atoms with Crippen molar-refractivity contribution in [1.29, 1.82) is 0 Å². The van der Waals surface area contributed by atoms with Crippen LogP contribution in [-0.4, -0.2) is 29.9 Å². The van der Waals surface area contributed by atoms with E-state index in [1.54, 1.807) is 0 Å². The molecule has 0 spiro atoms. The summed E-state index contributed by atoms with van der Waals surface area (Å²) < 4.78 is 22.9. The third kappa shape index (κ3) is 2.47. The molecule has 2 N–H and O–H groups in total. The molecule has 5 nitrogen and oxygen atoms in total. The second-order valence-electron chi connectivity index (χ2n) is 4.54. The minimum absolute atomic E-state index is 0.0516. The van der Waals surface area contributed by atoms with E-state index in [4.69, 9.17) is 5.73 Å². The van der Waals surface area contributed by atoms with Crippen LogP contribution < -0.4 is 5.73 Å². The standard InChI is InChI=1S/C11H17N3O2S/c1-7-10(5-12)8(2)14-11(13-7)9-3-4-17(15,16)6-9/h9H,3-6,12H2,1-2H3. The van der Waals surface area contributed by atoms with E-state index in [9.17, 15) is 8.42 Å². The molecule has 1 aliphatic heterocycles. The fraction of sp³-hybridized carbons (Fsp3) is 0.636. The molecule has 1 aliphatic rings. The van der Waals surface area contributed by atoms with Gasteiger partial charge >= 0.3 is 0 Å². The van der Waals surface area contributed by atoms with Crippen molar-refractivity contribution in [2.45, 2.75) is 32.7 Å². The number of aryl methyl sites for hydroxylation is 2. The van der Waals surface area contributed by atoms with E-state index in [0.717, 1.165) is 17.0 Å². The first kappa shape index (κ1) is 12.4. The molecule has 0 aromatic carbocycles. The van der Waals surface area contributed by atoms with Crippen LogP contribution in [0, 0.1) is 13.8 Å². The summed E-state index contributed by atoms with van der Waals surface area (Å²) in [6.45, 7) is 4.20. The topological polar surface area (TPSA) is 85.9 Å². The Balaban J connectivity index is 2.35. The van der Waals surface area contributed by atoms with Gasteiger partial charge in [-0.1, -0.05) is 0 Å². The molecular weight excluding hydrogens is 238 g/mol. The van der Waals surface area contributed by atoms with E-state index < -0.39 is 9.84 Å². The monoisotopic (exact) mass is 255 g/mol. The van der Waals surface area contributed by atoms with Crippen LogP contribution in [0.4, 0.5) is 0 Å². The van der Waals surface area contributed by atoms with Crippen molar-refractivity contribution in [2.75, 3.05) is 11.5 Å². The molecule has 0 aliphatic carbocycles. The summed E-state index contributed by atoms with van der Waals surface area (Å²) >= 11 is 0. The number of hydrogen-bond acceptors (Lipinski definition) is 5. The Kier molecular flexibility index (Phi) is 3.18. The number of sulfone groups is 1. The van der Waals surface area contributed by atoms with Crippen molar-refractivity contribution >= 4 is 9.84 Å². The fourth-order valence-corrected chi connectivity index (χ4v) is 3.98. The number of aromatic nitrogens is 2. The summed E-state index contributed by atoms with van der Waals surface area (Å²) in [6.07, 6.45) is 0.628. The summed E-state index contributed by atoms with van der Waals surface area (Å²) in [4.78, 5) is 8.79. The Morgan fingerprint density at radius 3 is 2.29 bits per heavy atom. The van der Waals surface area contributed by atoms with Gasteiger partial charge in [0.25, 0.3) is 0 Å². The molecule has 17 heavy (non-hydrogen) atoms. The average molecular weight is 255 g/mol. The SMILES string of the molecule is Cc1nc(C2CCS(=O)(=O)C2)nc(C)c1CN. The van der Waals surface area contributed by atoms with Crippen molar-refractivity contribution in [3.05, 3.63) is 22.8 Å². The molecule has 1 saturated heterocycles. The van der Waals surface area contributed by atoms with Gasteiger partial charge in [-0.25, -0.2) is 18.4 Å². The molecule has 1 aromatic rings. The van der Waals surface area contributed by atoms with Crippen molar-refractivity contribution in [3.63, 3.8) is 0 Å². The van der Waals surface area contributed by atoms with Crippen molar-refractivity contribution < 1.29 is 8.42 Å². The highest BCUT2D eigenvalue weighted by molar-refractivity contribution is 7.91. The molecule has 0 amide bonds. The molecule has 1 aromatic heterocycles. The maximum absolute atomic E-state index is 11.4. The molecule has 0 radical (unpaired) electrons. The Morgan fingerprint density at radius 2 is 1.88 bits per heavy atom. The maximum atomic E-state index is 11.4. The van der Waals surface area contributed by atoms with Crippen LogP contribution in [0.1, 0.15) is 35.1 Å². The predicted octanol–water partition coefficient (Wildman–Crippen LogP) is 0.454. The molecule has 94 valence electrons. The molecule has 0 saturated carbocycles. The van der Waals surface area contributed by atoms with Gasteiger partial charge in [-0.2, -0.15) is 0 Å². The Morgan fingerprint density at radius 1 is 1.29 bits per heavy atom. The summed E-state index contributed by atoms with van der Waals surface area (Å²) in [5.41, 5.74) is 8.30. The first-order valence-corrected chi connectivity index (χ1v) is 7.49. The summed E-state index contributed by atoms with van der Waals surface area (Å²) in [5.74, 6) is 1.02. The van der Waals surface area contributed by atoms with Crippen molar-refractivity contribution in [2.24, 2.45) is 5.73 Å². The van der Waals surface area contributed by atoms with Gasteiger partial charge < -0.3 is 5.73 Å². The lowest BCUT2D eigenvalue weighted by Crippen LogP contribution is -2.13. The van der Waals surface area contributed by atoms with E-state index in [1.807, 2.05) is 13.8 Å². The molecule has 0 bridgehead atoms. The molecular formula is C11H17N3O2S. The quantitative estimate of drug-likeness (QED) is 0.829. The van der Waals surface area contributed by atoms with Crippen LogP contribution in [0.25, 0.3) is 0 Å². The van der Waals surface area contributed by atoms with E-state index in [-0.39, 0.29) is 17.4 Å². The maximum Gasteiger partial charge on any atom is 0.151 e. The molecule has 1 unspecified atom stereocenters. The van der Waals surface area contributed by atoms with E-state index in [0.29, 0.717) is 18.8 Å². The molecule has 2 heterocycles. The molecule has 1 fully saturated rings. The lowest BCUT2D eigenvalue weighted by molar-refractivity contribution is 0.601. The summed E-state index contributed by atoms with van der Waals surface area (Å²) in [5, 5.41) is 0. The summed E-state index contributed by atoms with van der Waals surface area (Å²) in [6, 6.07) is 0. The second-order valence-corrected chi connectivity index (χ2v) is 6.76. The second kappa shape index (κ2) is 4.34. The predicted molar refractivity (Wildman–Crippen MR) is 65.4 cm³/mol. The summed E-state index contributed by atoms with van der Waals surface area (Å²) in [7, 11) is -2.89. The average Bonchev–Trinajstić information content (AvgIpc) is 2.58. The smallest absolute Gasteiger partial charge is 0.151 e. The van der Waals surface area contributed by atoms with E-state index >= 15 is 0 Å². The first-order valence-electron chi connectivity index (χ1n) is 5.67. The largest absolute Gasteiger partial charge is 0.326 e. The molecule has 2 rings (SSSR count). The normalized spacial score (nSPS) is 22.9. The van der Waals surface area contributed by atoms with Gasteiger partial charge in [0.2, 0.25) is 0 Å². The van der Waals surface area contributed by atoms with Crippen LogP contribution in [-0.2, 0) is 16.4 Å². The Hall–Kier alpha value is -1.01. The minimum Gasteiger partial charge on any atom is -0.326 e. The van der Waals surface area contributed by atoms with Crippen LogP contribution >= 0.6 is 0 Å². The lowest BCUT2D eigenvalue weighted by atomic mass is 10.1. The van der Waals surface area contributed by atoms with Crippen molar-refractivity contribution in [1.82, 2.24) is 9.97 Å². The van der Waals surface area contributed by atoms with Crippen LogP contribution in [0.3, 0.4) is 0 Å². The molecule has 1 atom stereocenters. The van der Waals surface area contributed by atoms with Crippen LogP contribution in [0.5, 0.6) is 0 Å². The minimum atomic E-state index is -2.89. The van der Waals surface area contributed by atoms with Gasteiger partial charge in [0.1, 0.15) is 5.82 Å². The highest BCUT2D eigenvalue weighted by Gasteiger charge is 2.31. The first-order chi connectivity index (χ1) is 7.93. The highest BCUT2D eigenvalue weighted by atomic mass is 32.2. The van der Waals surface area contributed by atoms with Gasteiger partial charge in [-0.05, 0) is 20.3 Å². The van der Waals surface area contributed by atoms with Crippen LogP contribution in [0.2, 0.25) is 0 Å². The van der Waals surface area contributed by atoms with E-state index in [2.05, 4.69) is 9.97 Å².